The maximum absolute atomic E-state index is 12.2. The van der Waals surface area contributed by atoms with Crippen molar-refractivity contribution in [2.24, 2.45) is 5.92 Å². The number of nitrogens with one attached hydrogen (secondary N) is 2. The van der Waals surface area contributed by atoms with Gasteiger partial charge in [0, 0.05) is 24.7 Å². The largest absolute Gasteiger partial charge is 0.455 e. The van der Waals surface area contributed by atoms with Crippen molar-refractivity contribution in [1.82, 2.24) is 10.6 Å². The van der Waals surface area contributed by atoms with Crippen LogP contribution in [0.25, 0.3) is 0 Å². The van der Waals surface area contributed by atoms with Crippen LogP contribution in [0.4, 0.5) is 10.5 Å². The average Bonchev–Trinajstić information content (AvgIpc) is 3.02. The van der Waals surface area contributed by atoms with E-state index in [1.807, 2.05) is 38.1 Å². The normalized spacial score (nSPS) is 17.4. The van der Waals surface area contributed by atoms with Crippen LogP contribution in [-0.4, -0.2) is 43.0 Å². The van der Waals surface area contributed by atoms with Crippen molar-refractivity contribution in [3.63, 3.8) is 0 Å². The van der Waals surface area contributed by atoms with Crippen molar-refractivity contribution < 1.29 is 23.9 Å². The summed E-state index contributed by atoms with van der Waals surface area (Å²) >= 11 is 0. The van der Waals surface area contributed by atoms with Crippen LogP contribution in [0.15, 0.2) is 24.3 Å². The highest BCUT2D eigenvalue weighted by atomic mass is 16.5. The maximum Gasteiger partial charge on any atom is 0.321 e. The molecule has 8 nitrogen and oxygen atoms in total. The number of anilines is 1. The summed E-state index contributed by atoms with van der Waals surface area (Å²) in [4.78, 5) is 49.1. The number of imide groups is 1. The smallest absolute Gasteiger partial charge is 0.321 e. The molecule has 27 heavy (non-hydrogen) atoms. The van der Waals surface area contributed by atoms with Gasteiger partial charge in [0.1, 0.15) is 0 Å². The highest BCUT2D eigenvalue weighted by Crippen LogP contribution is 2.26. The van der Waals surface area contributed by atoms with E-state index in [4.69, 9.17) is 4.74 Å². The van der Waals surface area contributed by atoms with Crippen LogP contribution in [0.2, 0.25) is 0 Å². The number of urea groups is 1. The highest BCUT2D eigenvalue weighted by molar-refractivity contribution is 6.00. The van der Waals surface area contributed by atoms with Crippen molar-refractivity contribution in [2.45, 2.75) is 39.7 Å². The van der Waals surface area contributed by atoms with Crippen molar-refractivity contribution in [1.29, 1.82) is 0 Å². The van der Waals surface area contributed by atoms with E-state index in [0.717, 1.165) is 17.7 Å². The van der Waals surface area contributed by atoms with E-state index < -0.39 is 30.4 Å². The van der Waals surface area contributed by atoms with Gasteiger partial charge in [-0.25, -0.2) is 4.79 Å². The number of carbonyl (C=O) groups is 4. The molecule has 1 heterocycles. The molecule has 1 saturated heterocycles. The molecule has 0 saturated carbocycles. The Labute approximate surface area is 158 Å². The van der Waals surface area contributed by atoms with E-state index in [1.54, 1.807) is 6.92 Å². The van der Waals surface area contributed by atoms with E-state index in [-0.39, 0.29) is 24.9 Å². The first-order valence-corrected chi connectivity index (χ1v) is 8.94. The Bertz CT molecular complexity index is 717. The molecule has 0 bridgehead atoms. The lowest BCUT2D eigenvalue weighted by Crippen LogP contribution is -2.44. The molecule has 4 amide bonds. The molecular formula is C19H25N3O5. The Morgan fingerprint density at radius 2 is 1.93 bits per heavy atom. The fourth-order valence-corrected chi connectivity index (χ4v) is 2.62. The summed E-state index contributed by atoms with van der Waals surface area (Å²) in [5, 5.41) is 4.67. The fraction of sp³-hybridized carbons (Fsp3) is 0.474. The van der Waals surface area contributed by atoms with Gasteiger partial charge in [-0.05, 0) is 32.4 Å². The van der Waals surface area contributed by atoms with Crippen LogP contribution in [0.5, 0.6) is 0 Å². The summed E-state index contributed by atoms with van der Waals surface area (Å²) in [6, 6.07) is 6.73. The second kappa shape index (κ2) is 9.16. The number of hydrogen-bond donors (Lipinski definition) is 2. The predicted octanol–water partition coefficient (Wildman–Crippen LogP) is 1.52. The Hall–Kier alpha value is -2.90. The molecule has 1 fully saturated rings. The van der Waals surface area contributed by atoms with Crippen LogP contribution in [0.3, 0.4) is 0 Å². The summed E-state index contributed by atoms with van der Waals surface area (Å²) in [5.41, 5.74) is 1.80. The first-order chi connectivity index (χ1) is 12.8. The molecule has 0 aromatic heterocycles. The number of nitrogens with zero attached hydrogens (tertiary/aromatic N) is 1. The lowest BCUT2D eigenvalue weighted by Gasteiger charge is -2.16. The number of carbonyl (C=O) groups excluding carboxylic acids is 4. The van der Waals surface area contributed by atoms with E-state index >= 15 is 0 Å². The van der Waals surface area contributed by atoms with Crippen LogP contribution in [0, 0.1) is 12.8 Å². The third kappa shape index (κ3) is 5.80. The summed E-state index contributed by atoms with van der Waals surface area (Å²) in [6.45, 7) is 5.29. The lowest BCUT2D eigenvalue weighted by molar-refractivity contribution is -0.152. The third-order valence-corrected chi connectivity index (χ3v) is 4.39. The molecule has 2 rings (SSSR count). The Morgan fingerprint density at radius 1 is 1.26 bits per heavy atom. The molecule has 2 atom stereocenters. The van der Waals surface area contributed by atoms with E-state index in [1.165, 1.54) is 4.90 Å². The SMILES string of the molecule is CC[C@H](C)NC(=O)NC(=O)COC(=O)[C@H]1CC(=O)N(c2ccc(C)cc2)C1. The van der Waals surface area contributed by atoms with Crippen molar-refractivity contribution in [3.8, 4) is 0 Å². The van der Waals surface area contributed by atoms with Crippen LogP contribution in [-0.2, 0) is 19.1 Å². The Morgan fingerprint density at radius 3 is 2.56 bits per heavy atom. The standard InChI is InChI=1S/C19H25N3O5/c1-4-13(3)20-19(26)21-16(23)11-27-18(25)14-9-17(24)22(10-14)15-7-5-12(2)6-8-15/h5-8,13-14H,4,9-11H2,1-3H3,(H2,20,21,23,26)/t13-,14-/m0/s1. The molecule has 0 radical (unpaired) electrons. The number of aryl methyl sites for hydroxylation is 1. The molecule has 1 aromatic carbocycles. The van der Waals surface area contributed by atoms with E-state index in [2.05, 4.69) is 10.6 Å². The molecular weight excluding hydrogens is 350 g/mol. The second-order valence-corrected chi connectivity index (χ2v) is 6.68. The van der Waals surface area contributed by atoms with Crippen LogP contribution in [0.1, 0.15) is 32.3 Å². The van der Waals surface area contributed by atoms with Gasteiger partial charge in [-0.3, -0.25) is 19.7 Å². The zero-order valence-corrected chi connectivity index (χ0v) is 15.8. The quantitative estimate of drug-likeness (QED) is 0.734. The second-order valence-electron chi connectivity index (χ2n) is 6.68. The van der Waals surface area contributed by atoms with Gasteiger partial charge in [0.2, 0.25) is 5.91 Å². The van der Waals surface area contributed by atoms with Crippen LogP contribution < -0.4 is 15.5 Å². The number of rotatable bonds is 6. The zero-order chi connectivity index (χ0) is 20.0. The third-order valence-electron chi connectivity index (χ3n) is 4.39. The Kier molecular flexibility index (Phi) is 6.92. The van der Waals surface area contributed by atoms with Gasteiger partial charge in [-0.15, -0.1) is 0 Å². The van der Waals surface area contributed by atoms with Gasteiger partial charge in [-0.1, -0.05) is 24.6 Å². The lowest BCUT2D eigenvalue weighted by atomic mass is 10.1. The first kappa shape index (κ1) is 20.4. The monoisotopic (exact) mass is 375 g/mol. The van der Waals surface area contributed by atoms with Crippen LogP contribution >= 0.6 is 0 Å². The number of ether oxygens (including phenoxy) is 1. The van der Waals surface area contributed by atoms with Gasteiger partial charge in [-0.2, -0.15) is 0 Å². The summed E-state index contributed by atoms with van der Waals surface area (Å²) < 4.78 is 4.96. The number of amides is 4. The molecule has 146 valence electrons. The van der Waals surface area contributed by atoms with E-state index in [9.17, 15) is 19.2 Å². The topological polar surface area (TPSA) is 105 Å². The van der Waals surface area contributed by atoms with Gasteiger partial charge >= 0.3 is 12.0 Å². The minimum atomic E-state index is -0.719. The molecule has 0 spiro atoms. The summed E-state index contributed by atoms with van der Waals surface area (Å²) in [5.74, 6) is -2.15. The summed E-state index contributed by atoms with van der Waals surface area (Å²) in [6.07, 6.45) is 0.757. The average molecular weight is 375 g/mol. The molecule has 1 aromatic rings. The van der Waals surface area contributed by atoms with Gasteiger partial charge in [0.05, 0.1) is 5.92 Å². The highest BCUT2D eigenvalue weighted by Gasteiger charge is 2.36. The maximum atomic E-state index is 12.2. The van der Waals surface area contributed by atoms with Crippen molar-refractivity contribution >= 4 is 29.5 Å². The van der Waals surface area contributed by atoms with Gasteiger partial charge in [0.15, 0.2) is 6.61 Å². The molecule has 1 aliphatic rings. The van der Waals surface area contributed by atoms with Crippen molar-refractivity contribution in [2.75, 3.05) is 18.1 Å². The predicted molar refractivity (Wildman–Crippen MR) is 99.0 cm³/mol. The number of benzene rings is 1. The van der Waals surface area contributed by atoms with E-state index in [0.29, 0.717) is 0 Å². The first-order valence-electron chi connectivity index (χ1n) is 8.94. The number of hydrogen-bond acceptors (Lipinski definition) is 5. The molecule has 1 aliphatic heterocycles. The molecule has 0 aliphatic carbocycles. The fourth-order valence-electron chi connectivity index (χ4n) is 2.62. The minimum Gasteiger partial charge on any atom is -0.455 e. The molecule has 8 heteroatoms. The minimum absolute atomic E-state index is 0.0306. The number of esters is 1. The molecule has 2 N–H and O–H groups in total. The van der Waals surface area contributed by atoms with Gasteiger partial charge in [0.25, 0.3) is 5.91 Å². The summed E-state index contributed by atoms with van der Waals surface area (Å²) in [7, 11) is 0. The Balaban J connectivity index is 1.81. The molecule has 0 unspecified atom stereocenters. The zero-order valence-electron chi connectivity index (χ0n) is 15.8. The van der Waals surface area contributed by atoms with Gasteiger partial charge < -0.3 is 15.0 Å². The van der Waals surface area contributed by atoms with Crippen molar-refractivity contribution in [3.05, 3.63) is 29.8 Å².